The minimum atomic E-state index is -0.400. The fourth-order valence-corrected chi connectivity index (χ4v) is 3.73. The standard InChI is InChI=1S/C16H13Cl2N3O2S/c1-8(24-14-10(17)3-2-4-11(14)18)15(22)19-9-5-6-12-13(7-9)21-16(23)20-12/h2-8H,1H3,(H,19,22)(H2,20,21,23). The molecule has 1 atom stereocenters. The Kier molecular flexibility index (Phi) is 4.89. The van der Waals surface area contributed by atoms with Gasteiger partial charge < -0.3 is 15.3 Å². The number of rotatable bonds is 4. The number of thioether (sulfide) groups is 1. The molecule has 124 valence electrons. The van der Waals surface area contributed by atoms with Gasteiger partial charge in [-0.05, 0) is 37.3 Å². The third kappa shape index (κ3) is 3.61. The van der Waals surface area contributed by atoms with Crippen LogP contribution in [0, 0.1) is 0 Å². The van der Waals surface area contributed by atoms with E-state index in [1.807, 2.05) is 0 Å². The van der Waals surface area contributed by atoms with Crippen LogP contribution in [0.5, 0.6) is 0 Å². The van der Waals surface area contributed by atoms with Gasteiger partial charge >= 0.3 is 5.69 Å². The van der Waals surface area contributed by atoms with Gasteiger partial charge in [0.15, 0.2) is 0 Å². The molecule has 0 spiro atoms. The highest BCUT2D eigenvalue weighted by Crippen LogP contribution is 2.36. The van der Waals surface area contributed by atoms with E-state index >= 15 is 0 Å². The number of nitrogens with one attached hydrogen (secondary N) is 3. The lowest BCUT2D eigenvalue weighted by Gasteiger charge is -2.14. The van der Waals surface area contributed by atoms with Gasteiger partial charge in [-0.3, -0.25) is 4.79 Å². The second-order valence-electron chi connectivity index (χ2n) is 5.14. The largest absolute Gasteiger partial charge is 0.325 e. The molecule has 1 aromatic heterocycles. The normalized spacial score (nSPS) is 12.3. The molecule has 0 aliphatic rings. The molecular formula is C16H13Cl2N3O2S. The van der Waals surface area contributed by atoms with Gasteiger partial charge in [0.25, 0.3) is 0 Å². The first-order chi connectivity index (χ1) is 11.4. The van der Waals surface area contributed by atoms with E-state index in [2.05, 4.69) is 15.3 Å². The highest BCUT2D eigenvalue weighted by molar-refractivity contribution is 8.00. The predicted molar refractivity (Wildman–Crippen MR) is 99.3 cm³/mol. The zero-order chi connectivity index (χ0) is 17.3. The molecule has 3 aromatic rings. The molecule has 3 rings (SSSR count). The first-order valence-electron chi connectivity index (χ1n) is 7.07. The van der Waals surface area contributed by atoms with Crippen molar-refractivity contribution in [1.82, 2.24) is 9.97 Å². The van der Waals surface area contributed by atoms with Crippen molar-refractivity contribution in [3.8, 4) is 0 Å². The molecule has 24 heavy (non-hydrogen) atoms. The first-order valence-corrected chi connectivity index (χ1v) is 8.71. The van der Waals surface area contributed by atoms with E-state index in [1.54, 1.807) is 43.3 Å². The van der Waals surface area contributed by atoms with Crippen molar-refractivity contribution in [3.63, 3.8) is 0 Å². The lowest BCUT2D eigenvalue weighted by atomic mass is 10.2. The molecule has 8 heteroatoms. The van der Waals surface area contributed by atoms with E-state index in [1.165, 1.54) is 11.8 Å². The predicted octanol–water partition coefficient (Wildman–Crippen LogP) is 4.28. The highest BCUT2D eigenvalue weighted by Gasteiger charge is 2.18. The van der Waals surface area contributed by atoms with Crippen molar-refractivity contribution in [3.05, 3.63) is 56.9 Å². The summed E-state index contributed by atoms with van der Waals surface area (Å²) in [7, 11) is 0. The maximum atomic E-state index is 12.4. The van der Waals surface area contributed by atoms with Crippen LogP contribution in [0.1, 0.15) is 6.92 Å². The Hall–Kier alpha value is -1.89. The number of aromatic amines is 2. The quantitative estimate of drug-likeness (QED) is 0.590. The van der Waals surface area contributed by atoms with Crippen molar-refractivity contribution < 1.29 is 4.79 Å². The number of hydrogen-bond acceptors (Lipinski definition) is 3. The van der Waals surface area contributed by atoms with Gasteiger partial charge in [-0.2, -0.15) is 0 Å². The molecule has 0 bridgehead atoms. The Bertz CT molecular complexity index is 947. The molecule has 1 unspecified atom stereocenters. The summed E-state index contributed by atoms with van der Waals surface area (Å²) in [5.41, 5.74) is 1.63. The van der Waals surface area contributed by atoms with E-state index in [0.717, 1.165) is 0 Å². The van der Waals surface area contributed by atoms with Crippen LogP contribution >= 0.6 is 35.0 Å². The number of imidazole rings is 1. The van der Waals surface area contributed by atoms with Crippen molar-refractivity contribution in [2.75, 3.05) is 5.32 Å². The molecule has 0 aliphatic heterocycles. The summed E-state index contributed by atoms with van der Waals surface area (Å²) >= 11 is 13.6. The van der Waals surface area contributed by atoms with E-state index in [4.69, 9.17) is 23.2 Å². The van der Waals surface area contributed by atoms with Crippen molar-refractivity contribution >= 4 is 57.6 Å². The molecule has 0 radical (unpaired) electrons. The Morgan fingerprint density at radius 2 is 1.79 bits per heavy atom. The highest BCUT2D eigenvalue weighted by atomic mass is 35.5. The molecule has 2 aromatic carbocycles. The third-order valence-corrected chi connectivity index (χ3v) is 5.46. The second-order valence-corrected chi connectivity index (χ2v) is 7.31. The number of anilines is 1. The topological polar surface area (TPSA) is 77.8 Å². The Balaban J connectivity index is 1.74. The van der Waals surface area contributed by atoms with Gasteiger partial charge in [0.1, 0.15) is 0 Å². The molecular weight excluding hydrogens is 369 g/mol. The van der Waals surface area contributed by atoms with Gasteiger partial charge in [0.05, 0.1) is 26.3 Å². The summed E-state index contributed by atoms with van der Waals surface area (Å²) in [6.07, 6.45) is 0. The van der Waals surface area contributed by atoms with Crippen LogP contribution in [-0.2, 0) is 4.79 Å². The number of halogens is 2. The molecule has 1 heterocycles. The number of fused-ring (bicyclic) bond motifs is 1. The third-order valence-electron chi connectivity index (χ3n) is 3.37. The van der Waals surface area contributed by atoms with E-state index in [9.17, 15) is 9.59 Å². The van der Waals surface area contributed by atoms with Crippen LogP contribution in [0.25, 0.3) is 11.0 Å². The van der Waals surface area contributed by atoms with Crippen molar-refractivity contribution in [1.29, 1.82) is 0 Å². The Morgan fingerprint density at radius 1 is 1.12 bits per heavy atom. The van der Waals surface area contributed by atoms with Crippen LogP contribution in [0.15, 0.2) is 46.1 Å². The molecule has 0 fully saturated rings. The van der Waals surface area contributed by atoms with Gasteiger partial charge in [0, 0.05) is 10.6 Å². The lowest BCUT2D eigenvalue weighted by molar-refractivity contribution is -0.115. The summed E-state index contributed by atoms with van der Waals surface area (Å²) in [4.78, 5) is 29.6. The first kappa shape index (κ1) is 17.0. The summed E-state index contributed by atoms with van der Waals surface area (Å²) in [6.45, 7) is 1.77. The number of amides is 1. The average Bonchev–Trinajstić information content (AvgIpc) is 2.90. The second kappa shape index (κ2) is 6.93. The maximum Gasteiger partial charge on any atom is 0.323 e. The van der Waals surface area contributed by atoms with E-state index in [-0.39, 0.29) is 11.6 Å². The fourth-order valence-electron chi connectivity index (χ4n) is 2.18. The van der Waals surface area contributed by atoms with Crippen molar-refractivity contribution in [2.24, 2.45) is 0 Å². The number of hydrogen-bond donors (Lipinski definition) is 3. The zero-order valence-corrected chi connectivity index (χ0v) is 14.9. The van der Waals surface area contributed by atoms with Crippen LogP contribution in [-0.4, -0.2) is 21.1 Å². The fraction of sp³-hybridized carbons (Fsp3) is 0.125. The number of carbonyl (C=O) groups is 1. The smallest absolute Gasteiger partial charge is 0.323 e. The molecule has 0 saturated carbocycles. The monoisotopic (exact) mass is 381 g/mol. The SMILES string of the molecule is CC(Sc1c(Cl)cccc1Cl)C(=O)Nc1ccc2[nH]c(=O)[nH]c2c1. The number of carbonyl (C=O) groups excluding carboxylic acids is 1. The summed E-state index contributed by atoms with van der Waals surface area (Å²) < 4.78 is 0. The summed E-state index contributed by atoms with van der Waals surface area (Å²) in [6, 6.07) is 10.4. The molecule has 3 N–H and O–H groups in total. The summed E-state index contributed by atoms with van der Waals surface area (Å²) in [5.74, 6) is -0.187. The van der Waals surface area contributed by atoms with Crippen LogP contribution in [0.3, 0.4) is 0 Å². The number of benzene rings is 2. The van der Waals surface area contributed by atoms with Gasteiger partial charge in [0.2, 0.25) is 5.91 Å². The van der Waals surface area contributed by atoms with Gasteiger partial charge in [-0.1, -0.05) is 29.3 Å². The van der Waals surface area contributed by atoms with E-state index in [0.29, 0.717) is 31.7 Å². The molecule has 0 aliphatic carbocycles. The van der Waals surface area contributed by atoms with Crippen LogP contribution in [0.4, 0.5) is 5.69 Å². The minimum absolute atomic E-state index is 0.187. The Morgan fingerprint density at radius 3 is 2.50 bits per heavy atom. The van der Waals surface area contributed by atoms with Crippen LogP contribution < -0.4 is 11.0 Å². The lowest BCUT2D eigenvalue weighted by Crippen LogP contribution is -2.22. The molecule has 1 amide bonds. The van der Waals surface area contributed by atoms with Gasteiger partial charge in [-0.15, -0.1) is 11.8 Å². The molecule has 5 nitrogen and oxygen atoms in total. The Labute approximate surface area is 151 Å². The maximum absolute atomic E-state index is 12.4. The minimum Gasteiger partial charge on any atom is -0.325 e. The summed E-state index contributed by atoms with van der Waals surface area (Å²) in [5, 5.41) is 3.45. The van der Waals surface area contributed by atoms with E-state index < -0.39 is 5.25 Å². The van der Waals surface area contributed by atoms with Crippen LogP contribution in [0.2, 0.25) is 10.0 Å². The molecule has 0 saturated heterocycles. The number of H-pyrrole nitrogens is 2. The van der Waals surface area contributed by atoms with Crippen molar-refractivity contribution in [2.45, 2.75) is 17.1 Å². The number of aromatic nitrogens is 2. The average molecular weight is 382 g/mol. The zero-order valence-electron chi connectivity index (χ0n) is 12.5. The van der Waals surface area contributed by atoms with Gasteiger partial charge in [-0.25, -0.2) is 4.79 Å².